The summed E-state index contributed by atoms with van der Waals surface area (Å²) in [6.45, 7) is 5.65. The van der Waals surface area contributed by atoms with Gasteiger partial charge in [0, 0.05) is 55.0 Å². The van der Waals surface area contributed by atoms with Crippen molar-refractivity contribution in [1.29, 1.82) is 5.41 Å². The van der Waals surface area contributed by atoms with Crippen molar-refractivity contribution in [2.45, 2.75) is 19.6 Å². The van der Waals surface area contributed by atoms with Gasteiger partial charge in [-0.1, -0.05) is 29.3 Å². The second-order valence-corrected chi connectivity index (χ2v) is 9.18. The Labute approximate surface area is 219 Å². The van der Waals surface area contributed by atoms with Gasteiger partial charge in [-0.2, -0.15) is 0 Å². The Bertz CT molecular complexity index is 1240. The number of benzene rings is 1. The molecule has 0 bridgehead atoms. The molecule has 36 heavy (non-hydrogen) atoms. The van der Waals surface area contributed by atoms with Crippen LogP contribution >= 0.6 is 23.2 Å². The number of allylic oxidation sites excluding steroid dienone is 1. The molecule has 3 N–H and O–H groups in total. The van der Waals surface area contributed by atoms with Crippen LogP contribution in [0, 0.1) is 5.41 Å². The third-order valence-corrected chi connectivity index (χ3v) is 6.38. The minimum absolute atomic E-state index is 0.206. The molecule has 2 aromatic heterocycles. The zero-order valence-corrected chi connectivity index (χ0v) is 21.2. The molecule has 1 aliphatic heterocycles. The van der Waals surface area contributed by atoms with Gasteiger partial charge in [-0.25, -0.2) is 4.39 Å². The van der Waals surface area contributed by atoms with Crippen LogP contribution in [0.3, 0.4) is 0 Å². The number of nitrogens with zero attached hydrogens (tertiary/aromatic N) is 3. The molecule has 1 fully saturated rings. The first-order chi connectivity index (χ1) is 17.3. The zero-order valence-electron chi connectivity index (χ0n) is 19.7. The van der Waals surface area contributed by atoms with E-state index in [0.29, 0.717) is 46.7 Å². The summed E-state index contributed by atoms with van der Waals surface area (Å²) in [5.74, 6) is -0.350. The molecular formula is C26H26Cl2FN5O2. The van der Waals surface area contributed by atoms with Gasteiger partial charge in [0.25, 0.3) is 0 Å². The molecule has 0 saturated carbocycles. The number of ether oxygens (including phenoxy) is 2. The maximum Gasteiger partial charge on any atom is 0.149 e. The Morgan fingerprint density at radius 3 is 2.58 bits per heavy atom. The highest BCUT2D eigenvalue weighted by molar-refractivity contribution is 6.35. The molecule has 188 valence electrons. The monoisotopic (exact) mass is 529 g/mol. The van der Waals surface area contributed by atoms with Crippen molar-refractivity contribution in [3.63, 3.8) is 0 Å². The van der Waals surface area contributed by atoms with Crippen molar-refractivity contribution < 1.29 is 13.9 Å². The van der Waals surface area contributed by atoms with E-state index in [9.17, 15) is 0 Å². The number of hydrogen-bond donors (Lipinski definition) is 2. The lowest BCUT2D eigenvalue weighted by Crippen LogP contribution is -2.35. The number of nitrogen functional groups attached to an aromatic ring is 1. The minimum atomic E-state index is -0.741. The predicted molar refractivity (Wildman–Crippen MR) is 140 cm³/mol. The number of pyridine rings is 2. The van der Waals surface area contributed by atoms with Crippen LogP contribution in [0.5, 0.6) is 5.75 Å². The van der Waals surface area contributed by atoms with E-state index in [1.54, 1.807) is 31.3 Å². The molecule has 1 saturated heterocycles. The summed E-state index contributed by atoms with van der Waals surface area (Å²) in [7, 11) is 0. The fraction of sp³-hybridized carbons (Fsp3) is 0.269. The van der Waals surface area contributed by atoms with E-state index in [1.165, 1.54) is 24.5 Å². The normalized spacial score (nSPS) is 15.5. The van der Waals surface area contributed by atoms with Gasteiger partial charge in [-0.3, -0.25) is 20.3 Å². The Kier molecular flexibility index (Phi) is 8.53. The summed E-state index contributed by atoms with van der Waals surface area (Å²) < 4.78 is 26.4. The highest BCUT2D eigenvalue weighted by Crippen LogP contribution is 2.33. The van der Waals surface area contributed by atoms with Crippen LogP contribution in [0.2, 0.25) is 10.0 Å². The van der Waals surface area contributed by atoms with E-state index in [1.807, 2.05) is 6.07 Å². The molecule has 1 atom stereocenters. The summed E-state index contributed by atoms with van der Waals surface area (Å²) in [4.78, 5) is 10.6. The van der Waals surface area contributed by atoms with Gasteiger partial charge in [0.15, 0.2) is 0 Å². The van der Waals surface area contributed by atoms with Crippen molar-refractivity contribution >= 4 is 40.7 Å². The zero-order chi connectivity index (χ0) is 25.7. The highest BCUT2D eigenvalue weighted by Gasteiger charge is 2.18. The average molecular weight is 530 g/mol. The molecule has 1 aliphatic rings. The number of nitrogens with two attached hydrogens (primary N) is 1. The fourth-order valence-corrected chi connectivity index (χ4v) is 4.52. The first kappa shape index (κ1) is 26.0. The first-order valence-electron chi connectivity index (χ1n) is 11.4. The predicted octanol–water partition coefficient (Wildman–Crippen LogP) is 5.72. The molecule has 1 aromatic carbocycles. The Morgan fingerprint density at radius 1 is 1.19 bits per heavy atom. The lowest BCUT2D eigenvalue weighted by Gasteiger charge is -2.26. The first-order valence-corrected chi connectivity index (χ1v) is 12.1. The largest absolute Gasteiger partial charge is 0.486 e. The third kappa shape index (κ3) is 6.39. The van der Waals surface area contributed by atoms with E-state index in [2.05, 4.69) is 14.9 Å². The van der Waals surface area contributed by atoms with E-state index in [0.717, 1.165) is 18.8 Å². The molecule has 0 unspecified atom stereocenters. The molecular weight excluding hydrogens is 504 g/mol. The number of nitrogens with one attached hydrogen (secondary N) is 1. The quantitative estimate of drug-likeness (QED) is 0.286. The minimum Gasteiger partial charge on any atom is -0.486 e. The Morgan fingerprint density at radius 2 is 1.92 bits per heavy atom. The number of anilines is 1. The lowest BCUT2D eigenvalue weighted by molar-refractivity contribution is 0.0336. The number of morpholine rings is 1. The smallest absolute Gasteiger partial charge is 0.149 e. The third-order valence-electron chi connectivity index (χ3n) is 5.77. The van der Waals surface area contributed by atoms with Gasteiger partial charge < -0.3 is 15.2 Å². The topological polar surface area (TPSA) is 97.4 Å². The number of rotatable bonds is 8. The second-order valence-electron chi connectivity index (χ2n) is 8.36. The highest BCUT2D eigenvalue weighted by atomic mass is 35.5. The van der Waals surface area contributed by atoms with Crippen LogP contribution in [0.15, 0.2) is 54.7 Å². The average Bonchev–Trinajstić information content (AvgIpc) is 2.86. The van der Waals surface area contributed by atoms with Crippen LogP contribution in [-0.4, -0.2) is 46.9 Å². The molecule has 4 rings (SSSR count). The molecule has 3 heterocycles. The summed E-state index contributed by atoms with van der Waals surface area (Å²) in [6, 6.07) is 8.37. The van der Waals surface area contributed by atoms with Crippen LogP contribution in [0.25, 0.3) is 6.08 Å². The second kappa shape index (κ2) is 11.8. The van der Waals surface area contributed by atoms with Gasteiger partial charge in [-0.15, -0.1) is 0 Å². The van der Waals surface area contributed by atoms with Crippen molar-refractivity contribution in [3.8, 4) is 5.75 Å². The number of halogens is 3. The maximum atomic E-state index is 15.0. The van der Waals surface area contributed by atoms with Gasteiger partial charge in [0.05, 0.1) is 34.7 Å². The summed E-state index contributed by atoms with van der Waals surface area (Å²) in [6.07, 6.45) is 5.31. The Hall–Kier alpha value is -3.04. The van der Waals surface area contributed by atoms with Crippen LogP contribution in [-0.2, 0) is 11.3 Å². The van der Waals surface area contributed by atoms with E-state index < -0.39 is 11.9 Å². The van der Waals surface area contributed by atoms with Crippen molar-refractivity contribution in [3.05, 3.63) is 87.2 Å². The van der Waals surface area contributed by atoms with Gasteiger partial charge in [0.2, 0.25) is 0 Å². The lowest BCUT2D eigenvalue weighted by atomic mass is 10.0. The van der Waals surface area contributed by atoms with E-state index in [4.69, 9.17) is 43.8 Å². The Balaban J connectivity index is 1.47. The van der Waals surface area contributed by atoms with Crippen LogP contribution < -0.4 is 10.5 Å². The fourth-order valence-electron chi connectivity index (χ4n) is 3.85. The van der Waals surface area contributed by atoms with Crippen molar-refractivity contribution in [1.82, 2.24) is 14.9 Å². The SMILES string of the molecule is C[C@@H](Oc1ccc(N)c(C(=N)/C(F)=C/c2ccc(CN3CCOCC3)nc2)c1)c1c(Cl)cncc1Cl. The molecule has 0 spiro atoms. The van der Waals surface area contributed by atoms with Crippen LogP contribution in [0.4, 0.5) is 10.1 Å². The van der Waals surface area contributed by atoms with E-state index >= 15 is 4.39 Å². The van der Waals surface area contributed by atoms with Crippen molar-refractivity contribution in [2.75, 3.05) is 32.0 Å². The summed E-state index contributed by atoms with van der Waals surface area (Å²) in [5.41, 5.74) is 8.17. The molecule has 3 aromatic rings. The molecule has 0 amide bonds. The van der Waals surface area contributed by atoms with Gasteiger partial charge in [0.1, 0.15) is 17.7 Å². The number of hydrogen-bond acceptors (Lipinski definition) is 7. The molecule has 10 heteroatoms. The van der Waals surface area contributed by atoms with Gasteiger partial charge in [-0.05, 0) is 42.8 Å². The molecule has 7 nitrogen and oxygen atoms in total. The summed E-state index contributed by atoms with van der Waals surface area (Å²) >= 11 is 12.4. The molecule has 0 aliphatic carbocycles. The maximum absolute atomic E-state index is 15.0. The summed E-state index contributed by atoms with van der Waals surface area (Å²) in [5, 5.41) is 9.13. The standard InChI is InChI=1S/C26H26Cl2FN5O2/c1-16(25-21(27)13-32-14-22(25)28)36-19-4-5-24(30)20(11-19)26(31)23(29)10-17-2-3-18(33-12-17)15-34-6-8-35-9-7-34/h2-5,10-14,16,31H,6-9,15,30H2,1H3/b23-10-,31-26?/t16-/m1/s1. The van der Waals surface area contributed by atoms with Crippen LogP contribution in [0.1, 0.15) is 35.4 Å². The van der Waals surface area contributed by atoms with Crippen molar-refractivity contribution in [2.24, 2.45) is 0 Å². The van der Waals surface area contributed by atoms with Gasteiger partial charge >= 0.3 is 0 Å². The van der Waals surface area contributed by atoms with E-state index in [-0.39, 0.29) is 17.0 Å². The number of aromatic nitrogens is 2. The molecule has 0 radical (unpaired) electrons.